The van der Waals surface area contributed by atoms with Crippen LogP contribution in [0.3, 0.4) is 0 Å². The van der Waals surface area contributed by atoms with Gasteiger partial charge in [-0.1, -0.05) is 11.3 Å². The molecule has 0 unspecified atom stereocenters. The number of H-pyrrole nitrogens is 1. The highest BCUT2D eigenvalue weighted by Crippen LogP contribution is 2.27. The molecule has 0 fully saturated rings. The highest BCUT2D eigenvalue weighted by molar-refractivity contribution is 9.10. The van der Waals surface area contributed by atoms with Gasteiger partial charge in [0.25, 0.3) is 0 Å². The Balaban J connectivity index is 2.31. The molecule has 1 aromatic heterocycles. The number of halogens is 2. The molecule has 0 amide bonds. The highest BCUT2D eigenvalue weighted by Gasteiger charge is 2.04. The Morgan fingerprint density at radius 1 is 1.53 bits per heavy atom. The summed E-state index contributed by atoms with van der Waals surface area (Å²) in [6.07, 6.45) is 0. The third-order valence-electron chi connectivity index (χ3n) is 1.61. The quantitative estimate of drug-likeness (QED) is 0.828. The van der Waals surface area contributed by atoms with E-state index in [1.165, 1.54) is 23.5 Å². The molecule has 1 aromatic carbocycles. The van der Waals surface area contributed by atoms with Crippen molar-refractivity contribution in [2.45, 2.75) is 0 Å². The zero-order valence-corrected chi connectivity index (χ0v) is 10.5. The molecule has 2 N–H and O–H groups in total. The van der Waals surface area contributed by atoms with E-state index in [-0.39, 0.29) is 5.82 Å². The minimum absolute atomic E-state index is 0.306. The molecule has 0 saturated heterocycles. The van der Waals surface area contributed by atoms with Gasteiger partial charge in [-0.2, -0.15) is 0 Å². The molecule has 2 aromatic rings. The fourth-order valence-corrected chi connectivity index (χ4v) is 2.14. The van der Waals surface area contributed by atoms with E-state index in [0.717, 1.165) is 4.47 Å². The first-order chi connectivity index (χ1) is 7.15. The third kappa shape index (κ3) is 2.61. The molecule has 15 heavy (non-hydrogen) atoms. The van der Waals surface area contributed by atoms with Crippen LogP contribution in [0.2, 0.25) is 0 Å². The zero-order valence-electron chi connectivity index (χ0n) is 7.25. The lowest BCUT2D eigenvalue weighted by molar-refractivity contribution is 0.628. The van der Waals surface area contributed by atoms with Crippen molar-refractivity contribution in [2.24, 2.45) is 0 Å². The van der Waals surface area contributed by atoms with Gasteiger partial charge in [-0.3, -0.25) is 5.10 Å². The zero-order chi connectivity index (χ0) is 10.8. The van der Waals surface area contributed by atoms with Crippen LogP contribution in [0, 0.1) is 9.77 Å². The van der Waals surface area contributed by atoms with Crippen molar-refractivity contribution in [2.75, 3.05) is 5.32 Å². The molecule has 0 aliphatic rings. The van der Waals surface area contributed by atoms with Crippen LogP contribution in [0.1, 0.15) is 0 Å². The summed E-state index contributed by atoms with van der Waals surface area (Å²) >= 11 is 9.48. The summed E-state index contributed by atoms with van der Waals surface area (Å²) < 4.78 is 14.3. The number of hydrogen-bond acceptors (Lipinski definition) is 4. The maximum Gasteiger partial charge on any atom is 0.208 e. The normalized spacial score (nSPS) is 10.3. The van der Waals surface area contributed by atoms with Crippen LogP contribution in [-0.4, -0.2) is 10.2 Å². The largest absolute Gasteiger partial charge is 0.329 e. The molecule has 78 valence electrons. The molecule has 0 saturated carbocycles. The highest BCUT2D eigenvalue weighted by atomic mass is 79.9. The van der Waals surface area contributed by atoms with Crippen LogP contribution < -0.4 is 5.32 Å². The van der Waals surface area contributed by atoms with E-state index in [4.69, 9.17) is 12.2 Å². The average molecular weight is 306 g/mol. The monoisotopic (exact) mass is 305 g/mol. The average Bonchev–Trinajstić information content (AvgIpc) is 2.58. The number of rotatable bonds is 2. The van der Waals surface area contributed by atoms with Crippen molar-refractivity contribution < 1.29 is 4.39 Å². The maximum atomic E-state index is 12.9. The van der Waals surface area contributed by atoms with Gasteiger partial charge in [-0.15, -0.1) is 5.10 Å². The SMILES string of the molecule is Fc1ccc(Br)c(Nc2n[nH]c(=S)s2)c1. The number of nitrogens with one attached hydrogen (secondary N) is 2. The summed E-state index contributed by atoms with van der Waals surface area (Å²) in [5.41, 5.74) is 0.618. The van der Waals surface area contributed by atoms with Crippen LogP contribution >= 0.6 is 39.5 Å². The van der Waals surface area contributed by atoms with Crippen LogP contribution in [0.15, 0.2) is 22.7 Å². The second kappa shape index (κ2) is 4.38. The lowest BCUT2D eigenvalue weighted by atomic mass is 10.3. The van der Waals surface area contributed by atoms with E-state index in [2.05, 4.69) is 31.4 Å². The van der Waals surface area contributed by atoms with Crippen molar-refractivity contribution in [1.29, 1.82) is 0 Å². The van der Waals surface area contributed by atoms with Crippen LogP contribution in [0.5, 0.6) is 0 Å². The van der Waals surface area contributed by atoms with E-state index in [1.807, 2.05) is 0 Å². The molecule has 0 atom stereocenters. The van der Waals surface area contributed by atoms with Crippen molar-refractivity contribution in [3.63, 3.8) is 0 Å². The number of nitrogens with zero attached hydrogens (tertiary/aromatic N) is 1. The first-order valence-electron chi connectivity index (χ1n) is 3.93. The van der Waals surface area contributed by atoms with Crippen LogP contribution in [0.4, 0.5) is 15.2 Å². The smallest absolute Gasteiger partial charge is 0.208 e. The first-order valence-corrected chi connectivity index (χ1v) is 5.94. The van der Waals surface area contributed by atoms with Gasteiger partial charge in [-0.05, 0) is 46.3 Å². The van der Waals surface area contributed by atoms with Gasteiger partial charge in [-0.25, -0.2) is 4.39 Å². The summed E-state index contributed by atoms with van der Waals surface area (Å²) in [5, 5.41) is 10.1. The molecular weight excluding hydrogens is 301 g/mol. The minimum Gasteiger partial charge on any atom is -0.329 e. The molecule has 3 nitrogen and oxygen atoms in total. The predicted octanol–water partition coefficient (Wildman–Crippen LogP) is 3.85. The molecule has 0 aliphatic heterocycles. The number of hydrogen-bond donors (Lipinski definition) is 2. The van der Waals surface area contributed by atoms with E-state index in [1.54, 1.807) is 6.07 Å². The topological polar surface area (TPSA) is 40.7 Å². The van der Waals surface area contributed by atoms with Crippen LogP contribution in [-0.2, 0) is 0 Å². The second-order valence-electron chi connectivity index (χ2n) is 2.67. The van der Waals surface area contributed by atoms with Gasteiger partial charge in [0.2, 0.25) is 5.13 Å². The standard InChI is InChI=1S/C8H5BrFN3S2/c9-5-2-1-4(10)3-6(5)11-7-12-13-8(14)15-7/h1-3H,(H,11,12)(H,13,14). The Hall–Kier alpha value is -0.790. The number of aromatic nitrogens is 2. The van der Waals surface area contributed by atoms with E-state index < -0.39 is 0 Å². The molecule has 7 heteroatoms. The number of anilines is 2. The van der Waals surface area contributed by atoms with Crippen molar-refractivity contribution in [3.8, 4) is 0 Å². The Labute approximate surface area is 102 Å². The van der Waals surface area contributed by atoms with Gasteiger partial charge in [0.1, 0.15) is 5.82 Å². The maximum absolute atomic E-state index is 12.9. The summed E-state index contributed by atoms with van der Waals surface area (Å²) in [5.74, 6) is -0.306. The van der Waals surface area contributed by atoms with Gasteiger partial charge in [0, 0.05) is 4.47 Å². The van der Waals surface area contributed by atoms with E-state index in [0.29, 0.717) is 14.8 Å². The number of benzene rings is 1. The van der Waals surface area contributed by atoms with Crippen molar-refractivity contribution >= 4 is 50.3 Å². The molecular formula is C8H5BrFN3S2. The van der Waals surface area contributed by atoms with Crippen molar-refractivity contribution in [3.05, 3.63) is 32.4 Å². The molecule has 2 rings (SSSR count). The van der Waals surface area contributed by atoms with E-state index in [9.17, 15) is 4.39 Å². The Kier molecular flexibility index (Phi) is 3.13. The first kappa shape index (κ1) is 10.7. The molecule has 0 spiro atoms. The lowest BCUT2D eigenvalue weighted by Crippen LogP contribution is -1.91. The van der Waals surface area contributed by atoms with E-state index >= 15 is 0 Å². The summed E-state index contributed by atoms with van der Waals surface area (Å²) in [4.78, 5) is 0. The molecule has 0 radical (unpaired) electrons. The number of aromatic amines is 1. The molecule has 0 aliphatic carbocycles. The lowest BCUT2D eigenvalue weighted by Gasteiger charge is -2.04. The Morgan fingerprint density at radius 2 is 2.33 bits per heavy atom. The summed E-state index contributed by atoms with van der Waals surface area (Å²) in [6.45, 7) is 0. The summed E-state index contributed by atoms with van der Waals surface area (Å²) in [7, 11) is 0. The third-order valence-corrected chi connectivity index (χ3v) is 3.30. The predicted molar refractivity (Wildman–Crippen MR) is 64.7 cm³/mol. The van der Waals surface area contributed by atoms with Gasteiger partial charge < -0.3 is 5.32 Å². The summed E-state index contributed by atoms with van der Waals surface area (Å²) in [6, 6.07) is 4.39. The minimum atomic E-state index is -0.306. The van der Waals surface area contributed by atoms with Crippen LogP contribution in [0.25, 0.3) is 0 Å². The fraction of sp³-hybridized carbons (Fsp3) is 0. The molecule has 1 heterocycles. The molecule has 0 bridgehead atoms. The Bertz CT molecular complexity index is 537. The van der Waals surface area contributed by atoms with Gasteiger partial charge >= 0.3 is 0 Å². The van der Waals surface area contributed by atoms with Gasteiger partial charge in [0.05, 0.1) is 5.69 Å². The fourth-order valence-electron chi connectivity index (χ4n) is 0.992. The Morgan fingerprint density at radius 3 is 3.00 bits per heavy atom. The van der Waals surface area contributed by atoms with Gasteiger partial charge in [0.15, 0.2) is 3.95 Å². The second-order valence-corrected chi connectivity index (χ2v) is 5.19. The van der Waals surface area contributed by atoms with Crippen molar-refractivity contribution in [1.82, 2.24) is 10.2 Å².